The molecule has 3 aromatic rings. The zero-order valence-corrected chi connectivity index (χ0v) is 9.90. The van der Waals surface area contributed by atoms with Gasteiger partial charge < -0.3 is 10.3 Å². The molecule has 2 aromatic carbocycles. The average Bonchev–Trinajstić information content (AvgIpc) is 3.05. The number of hydrogen-bond acceptors (Lipinski definition) is 2. The van der Waals surface area contributed by atoms with Crippen LogP contribution in [-0.4, -0.2) is 23.9 Å². The molecule has 0 amide bonds. The van der Waals surface area contributed by atoms with Crippen molar-refractivity contribution in [2.45, 2.75) is 0 Å². The molecule has 3 nitrogen and oxygen atoms in total. The Bertz CT molecular complexity index is 768. The molecule has 0 aliphatic carbocycles. The van der Waals surface area contributed by atoms with Gasteiger partial charge in [0.25, 0.3) is 0 Å². The van der Waals surface area contributed by atoms with E-state index < -0.39 is 0 Å². The molecule has 0 fully saturated rings. The Morgan fingerprint density at radius 3 is 2.72 bits per heavy atom. The molecule has 0 radical (unpaired) electrons. The molecule has 4 rings (SSSR count). The van der Waals surface area contributed by atoms with E-state index in [2.05, 4.69) is 57.8 Å². The van der Waals surface area contributed by atoms with Crippen LogP contribution in [0.3, 0.4) is 0 Å². The van der Waals surface area contributed by atoms with Gasteiger partial charge in [-0.25, -0.2) is 0 Å². The molecule has 88 valence electrons. The van der Waals surface area contributed by atoms with E-state index in [0.717, 1.165) is 18.9 Å². The van der Waals surface area contributed by atoms with Gasteiger partial charge in [0.1, 0.15) is 5.84 Å². The molecule has 0 saturated carbocycles. The van der Waals surface area contributed by atoms with Gasteiger partial charge in [-0.15, -0.1) is 0 Å². The van der Waals surface area contributed by atoms with E-state index in [1.807, 2.05) is 0 Å². The summed E-state index contributed by atoms with van der Waals surface area (Å²) in [6, 6.07) is 14.8. The van der Waals surface area contributed by atoms with Crippen LogP contribution in [0.25, 0.3) is 21.8 Å². The number of nitrogens with zero attached hydrogens (tertiary/aromatic N) is 1. The lowest BCUT2D eigenvalue weighted by atomic mass is 10.1. The average molecular weight is 235 g/mol. The molecule has 2 N–H and O–H groups in total. The molecule has 0 unspecified atom stereocenters. The van der Waals surface area contributed by atoms with Crippen molar-refractivity contribution in [3.8, 4) is 0 Å². The van der Waals surface area contributed by atoms with Crippen molar-refractivity contribution < 1.29 is 0 Å². The topological polar surface area (TPSA) is 40.2 Å². The van der Waals surface area contributed by atoms with Crippen LogP contribution >= 0.6 is 0 Å². The molecule has 1 aromatic heterocycles. The molecule has 3 heteroatoms. The predicted molar refractivity (Wildman–Crippen MR) is 75.2 cm³/mol. The van der Waals surface area contributed by atoms with E-state index in [-0.39, 0.29) is 0 Å². The number of fused-ring (bicyclic) bond motifs is 3. The van der Waals surface area contributed by atoms with E-state index in [1.165, 1.54) is 27.4 Å². The van der Waals surface area contributed by atoms with Gasteiger partial charge >= 0.3 is 0 Å². The molecule has 2 heterocycles. The maximum Gasteiger partial charge on any atom is 0.130 e. The number of aliphatic imine (C=N–C) groups is 1. The highest BCUT2D eigenvalue weighted by Gasteiger charge is 2.13. The maximum absolute atomic E-state index is 4.51. The lowest BCUT2D eigenvalue weighted by Crippen LogP contribution is -2.19. The van der Waals surface area contributed by atoms with Crippen LogP contribution in [0.4, 0.5) is 0 Å². The highest BCUT2D eigenvalue weighted by molar-refractivity contribution is 6.16. The molecule has 1 aliphatic heterocycles. The van der Waals surface area contributed by atoms with Crippen molar-refractivity contribution >= 4 is 27.6 Å². The lowest BCUT2D eigenvalue weighted by molar-refractivity contribution is 0.960. The van der Waals surface area contributed by atoms with E-state index in [0.29, 0.717) is 0 Å². The highest BCUT2D eigenvalue weighted by atomic mass is 15.1. The van der Waals surface area contributed by atoms with Crippen LogP contribution in [0, 0.1) is 0 Å². The summed E-state index contributed by atoms with van der Waals surface area (Å²) in [6.45, 7) is 1.80. The first kappa shape index (κ1) is 9.71. The minimum Gasteiger partial charge on any atom is -0.368 e. The number of H-pyrrole nitrogens is 1. The fraction of sp³-hybridized carbons (Fsp3) is 0.133. The molecule has 18 heavy (non-hydrogen) atoms. The van der Waals surface area contributed by atoms with Crippen LogP contribution in [0.15, 0.2) is 47.5 Å². The third-order valence-corrected chi connectivity index (χ3v) is 3.47. The minimum absolute atomic E-state index is 0.867. The standard InChI is InChI=1S/C15H13N3/c1-2-7-13-10(4-1)11-5-3-6-12(14(11)18-13)15-16-8-9-17-15/h1-7,18H,8-9H2,(H,16,17). The third-order valence-electron chi connectivity index (χ3n) is 3.47. The number of para-hydroxylation sites is 2. The van der Waals surface area contributed by atoms with Crippen LogP contribution in [0.2, 0.25) is 0 Å². The summed E-state index contributed by atoms with van der Waals surface area (Å²) in [5.74, 6) is 1.01. The number of aromatic nitrogens is 1. The Morgan fingerprint density at radius 1 is 0.944 bits per heavy atom. The molecule has 0 saturated heterocycles. The minimum atomic E-state index is 0.867. The van der Waals surface area contributed by atoms with E-state index in [9.17, 15) is 0 Å². The van der Waals surface area contributed by atoms with E-state index >= 15 is 0 Å². The van der Waals surface area contributed by atoms with Gasteiger partial charge in [0.2, 0.25) is 0 Å². The summed E-state index contributed by atoms with van der Waals surface area (Å²) >= 11 is 0. The Balaban J connectivity index is 2.09. The zero-order valence-electron chi connectivity index (χ0n) is 9.90. The SMILES string of the molecule is c1ccc2c(c1)[nH]c1c(C3=NCCN3)cccc12. The second kappa shape index (κ2) is 3.60. The molecule has 0 atom stereocenters. The van der Waals surface area contributed by atoms with Gasteiger partial charge in [-0.3, -0.25) is 4.99 Å². The third kappa shape index (κ3) is 1.27. The van der Waals surface area contributed by atoms with Gasteiger partial charge in [-0.2, -0.15) is 0 Å². The zero-order chi connectivity index (χ0) is 11.9. The van der Waals surface area contributed by atoms with E-state index in [4.69, 9.17) is 0 Å². The summed E-state index contributed by atoms with van der Waals surface area (Å²) < 4.78 is 0. The molecule has 1 aliphatic rings. The summed E-state index contributed by atoms with van der Waals surface area (Å²) in [7, 11) is 0. The van der Waals surface area contributed by atoms with Crippen molar-refractivity contribution in [3.05, 3.63) is 48.0 Å². The Kier molecular flexibility index (Phi) is 1.94. The lowest BCUT2D eigenvalue weighted by Gasteiger charge is -2.03. The number of aromatic amines is 1. The smallest absolute Gasteiger partial charge is 0.130 e. The number of amidine groups is 1. The molecule has 0 bridgehead atoms. The predicted octanol–water partition coefficient (Wildman–Crippen LogP) is 2.67. The molecular weight excluding hydrogens is 222 g/mol. The fourth-order valence-electron chi connectivity index (χ4n) is 2.65. The summed E-state index contributed by atoms with van der Waals surface area (Å²) in [4.78, 5) is 8.01. The first-order chi connectivity index (χ1) is 8.93. The first-order valence-electron chi connectivity index (χ1n) is 6.21. The maximum atomic E-state index is 4.51. The second-order valence-corrected chi connectivity index (χ2v) is 4.56. The van der Waals surface area contributed by atoms with Crippen LogP contribution in [0.1, 0.15) is 5.56 Å². The van der Waals surface area contributed by atoms with Crippen LogP contribution in [-0.2, 0) is 0 Å². The van der Waals surface area contributed by atoms with Crippen molar-refractivity contribution in [1.82, 2.24) is 10.3 Å². The highest BCUT2D eigenvalue weighted by Crippen LogP contribution is 2.27. The normalized spacial score (nSPS) is 15.0. The second-order valence-electron chi connectivity index (χ2n) is 4.56. The first-order valence-corrected chi connectivity index (χ1v) is 6.21. The van der Waals surface area contributed by atoms with Crippen molar-refractivity contribution in [3.63, 3.8) is 0 Å². The van der Waals surface area contributed by atoms with Crippen molar-refractivity contribution in [2.75, 3.05) is 13.1 Å². The Labute approximate surface area is 105 Å². The molecular formula is C15H13N3. The number of rotatable bonds is 1. The van der Waals surface area contributed by atoms with Crippen LogP contribution in [0.5, 0.6) is 0 Å². The number of nitrogens with one attached hydrogen (secondary N) is 2. The van der Waals surface area contributed by atoms with Gasteiger partial charge in [0.05, 0.1) is 12.1 Å². The quantitative estimate of drug-likeness (QED) is 0.669. The largest absolute Gasteiger partial charge is 0.368 e. The Morgan fingerprint density at radius 2 is 1.83 bits per heavy atom. The van der Waals surface area contributed by atoms with E-state index in [1.54, 1.807) is 0 Å². The van der Waals surface area contributed by atoms with Gasteiger partial charge in [-0.05, 0) is 12.1 Å². The summed E-state index contributed by atoms with van der Waals surface area (Å²) in [6.07, 6.45) is 0. The van der Waals surface area contributed by atoms with Gasteiger partial charge in [0, 0.05) is 28.4 Å². The van der Waals surface area contributed by atoms with Gasteiger partial charge in [0.15, 0.2) is 0 Å². The number of benzene rings is 2. The molecule has 0 spiro atoms. The van der Waals surface area contributed by atoms with Crippen molar-refractivity contribution in [1.29, 1.82) is 0 Å². The summed E-state index contributed by atoms with van der Waals surface area (Å²) in [5, 5.41) is 5.87. The van der Waals surface area contributed by atoms with Gasteiger partial charge in [-0.1, -0.05) is 30.3 Å². The summed E-state index contributed by atoms with van der Waals surface area (Å²) in [5.41, 5.74) is 3.52. The van der Waals surface area contributed by atoms with Crippen molar-refractivity contribution in [2.24, 2.45) is 4.99 Å². The fourth-order valence-corrected chi connectivity index (χ4v) is 2.65. The van der Waals surface area contributed by atoms with Crippen LogP contribution < -0.4 is 5.32 Å². The number of hydrogen-bond donors (Lipinski definition) is 2. The Hall–Kier alpha value is -2.29. The monoisotopic (exact) mass is 235 g/mol.